The highest BCUT2D eigenvalue weighted by Crippen LogP contribution is 2.30. The van der Waals surface area contributed by atoms with Crippen LogP contribution >= 0.6 is 0 Å². The fraction of sp³-hybridized carbons (Fsp3) is 0.185. The predicted octanol–water partition coefficient (Wildman–Crippen LogP) is 4.39. The van der Waals surface area contributed by atoms with Gasteiger partial charge in [0.1, 0.15) is 11.9 Å². The first-order valence-corrected chi connectivity index (χ1v) is 10.9. The Balaban J connectivity index is 1.52. The summed E-state index contributed by atoms with van der Waals surface area (Å²) < 4.78 is 0. The van der Waals surface area contributed by atoms with Crippen LogP contribution in [0, 0.1) is 13.8 Å². The summed E-state index contributed by atoms with van der Waals surface area (Å²) in [6.45, 7) is 6.11. The second-order valence-corrected chi connectivity index (χ2v) is 8.23. The first-order chi connectivity index (χ1) is 15.9. The van der Waals surface area contributed by atoms with Gasteiger partial charge < -0.3 is 21.3 Å². The first-order valence-electron chi connectivity index (χ1n) is 10.9. The molecule has 168 valence electrons. The van der Waals surface area contributed by atoms with Gasteiger partial charge in [0, 0.05) is 24.0 Å². The Morgan fingerprint density at radius 2 is 1.52 bits per heavy atom. The minimum atomic E-state index is -0.262. The number of carbonyl (C=O) groups excluding carboxylic acids is 2. The van der Waals surface area contributed by atoms with Crippen LogP contribution in [0.25, 0.3) is 11.1 Å². The highest BCUT2D eigenvalue weighted by molar-refractivity contribution is 6.05. The average Bonchev–Trinajstić information content (AvgIpc) is 3.20. The molecule has 0 saturated carbocycles. The highest BCUT2D eigenvalue weighted by atomic mass is 16.2. The van der Waals surface area contributed by atoms with Gasteiger partial charge in [-0.15, -0.1) is 0 Å². The molecular weight excluding hydrogens is 412 g/mol. The number of benzene rings is 3. The van der Waals surface area contributed by atoms with Crippen LogP contribution in [0.5, 0.6) is 0 Å². The summed E-state index contributed by atoms with van der Waals surface area (Å²) >= 11 is 0. The van der Waals surface area contributed by atoms with Crippen LogP contribution in [0.4, 0.5) is 5.69 Å². The van der Waals surface area contributed by atoms with Crippen molar-refractivity contribution in [3.05, 3.63) is 100 Å². The van der Waals surface area contributed by atoms with Gasteiger partial charge in [0.15, 0.2) is 0 Å². The Morgan fingerprint density at radius 3 is 2.24 bits per heavy atom. The summed E-state index contributed by atoms with van der Waals surface area (Å²) in [6.07, 6.45) is -0.216. The van der Waals surface area contributed by atoms with Crippen molar-refractivity contribution in [2.24, 2.45) is 0 Å². The van der Waals surface area contributed by atoms with Gasteiger partial charge in [-0.3, -0.25) is 9.59 Å². The van der Waals surface area contributed by atoms with Crippen molar-refractivity contribution >= 4 is 17.5 Å². The third-order valence-electron chi connectivity index (χ3n) is 5.85. The molecule has 0 fully saturated rings. The number of aryl methyl sites for hydroxylation is 2. The molecule has 3 aromatic rings. The molecule has 4 N–H and O–H groups in total. The molecule has 0 aliphatic carbocycles. The lowest BCUT2D eigenvalue weighted by Crippen LogP contribution is -2.27. The molecule has 0 saturated heterocycles. The van der Waals surface area contributed by atoms with Crippen molar-refractivity contribution in [1.82, 2.24) is 16.0 Å². The number of rotatable bonds is 5. The van der Waals surface area contributed by atoms with Gasteiger partial charge in [0.25, 0.3) is 11.8 Å². The molecule has 33 heavy (non-hydrogen) atoms. The third-order valence-corrected chi connectivity index (χ3v) is 5.85. The van der Waals surface area contributed by atoms with E-state index in [0.717, 1.165) is 16.8 Å². The first kappa shape index (κ1) is 22.1. The topological polar surface area (TPSA) is 82.3 Å². The number of nitrogens with one attached hydrogen (secondary N) is 4. The molecule has 0 radical (unpaired) electrons. The van der Waals surface area contributed by atoms with E-state index in [-0.39, 0.29) is 18.0 Å². The molecule has 1 aliphatic heterocycles. The van der Waals surface area contributed by atoms with Gasteiger partial charge >= 0.3 is 0 Å². The minimum absolute atomic E-state index is 0.203. The number of carbonyl (C=O) groups is 2. The lowest BCUT2D eigenvalue weighted by atomic mass is 9.94. The average molecular weight is 441 g/mol. The Bertz CT molecular complexity index is 1240. The predicted molar refractivity (Wildman–Crippen MR) is 132 cm³/mol. The Hall–Kier alpha value is -4.06. The summed E-state index contributed by atoms with van der Waals surface area (Å²) in [6, 6.07) is 21.5. The Morgan fingerprint density at radius 1 is 0.818 bits per heavy atom. The Labute approximate surface area is 194 Å². The number of anilines is 1. The van der Waals surface area contributed by atoms with Gasteiger partial charge in [0.2, 0.25) is 0 Å². The second kappa shape index (κ2) is 9.20. The monoisotopic (exact) mass is 440 g/mol. The molecule has 4 rings (SSSR count). The molecule has 2 amide bonds. The van der Waals surface area contributed by atoms with Crippen LogP contribution in [-0.4, -0.2) is 18.9 Å². The second-order valence-electron chi connectivity index (χ2n) is 8.23. The van der Waals surface area contributed by atoms with Gasteiger partial charge in [-0.25, -0.2) is 0 Å². The largest absolute Gasteiger partial charge is 0.363 e. The zero-order chi connectivity index (χ0) is 23.5. The van der Waals surface area contributed by atoms with E-state index < -0.39 is 0 Å². The molecule has 6 heteroatoms. The standard InChI is InChI=1S/C27H28N4O2/c1-16-8-5-9-17(2)23(16)19-10-6-11-20(14-19)25-29-18(3)24(31-25)27(33)30-22-13-7-12-21(15-22)26(32)28-4/h5-15,25,29,31H,1-4H3,(H,28,32)(H,30,33). The fourth-order valence-corrected chi connectivity index (χ4v) is 4.20. The van der Waals surface area contributed by atoms with Crippen LogP contribution in [0.3, 0.4) is 0 Å². The maximum Gasteiger partial charge on any atom is 0.273 e. The van der Waals surface area contributed by atoms with Crippen molar-refractivity contribution < 1.29 is 9.59 Å². The molecule has 0 aromatic heterocycles. The number of amides is 2. The smallest absolute Gasteiger partial charge is 0.273 e. The van der Waals surface area contributed by atoms with E-state index in [1.807, 2.05) is 19.1 Å². The SMILES string of the molecule is CNC(=O)c1cccc(NC(=O)C2=C(C)NC(c3cccc(-c4c(C)cccc4C)c3)N2)c1. The normalized spacial score (nSPS) is 15.0. The Kier molecular flexibility index (Phi) is 6.18. The van der Waals surface area contributed by atoms with Crippen molar-refractivity contribution in [2.75, 3.05) is 12.4 Å². The van der Waals surface area contributed by atoms with Gasteiger partial charge in [-0.05, 0) is 72.9 Å². The lowest BCUT2D eigenvalue weighted by Gasteiger charge is -2.17. The van der Waals surface area contributed by atoms with Crippen molar-refractivity contribution in [3.8, 4) is 11.1 Å². The van der Waals surface area contributed by atoms with E-state index in [1.165, 1.54) is 16.7 Å². The summed E-state index contributed by atoms with van der Waals surface area (Å²) in [7, 11) is 1.57. The van der Waals surface area contributed by atoms with E-state index in [4.69, 9.17) is 0 Å². The molecule has 3 aromatic carbocycles. The summed E-state index contributed by atoms with van der Waals surface area (Å²) in [4.78, 5) is 24.8. The molecule has 0 spiro atoms. The van der Waals surface area contributed by atoms with Crippen molar-refractivity contribution in [1.29, 1.82) is 0 Å². The molecule has 1 aliphatic rings. The third kappa shape index (κ3) is 4.60. The zero-order valence-electron chi connectivity index (χ0n) is 19.2. The van der Waals surface area contributed by atoms with Gasteiger partial charge in [-0.1, -0.05) is 42.5 Å². The summed E-state index contributed by atoms with van der Waals surface area (Å²) in [5.41, 5.74) is 8.16. The number of allylic oxidation sites excluding steroid dienone is 1. The minimum Gasteiger partial charge on any atom is -0.363 e. The zero-order valence-corrected chi connectivity index (χ0v) is 19.2. The molecule has 1 heterocycles. The van der Waals surface area contributed by atoms with Crippen LogP contribution in [-0.2, 0) is 4.79 Å². The van der Waals surface area contributed by atoms with Crippen LogP contribution in [0.1, 0.15) is 40.1 Å². The van der Waals surface area contributed by atoms with E-state index in [1.54, 1.807) is 31.3 Å². The van der Waals surface area contributed by atoms with Gasteiger partial charge in [-0.2, -0.15) is 0 Å². The van der Waals surface area contributed by atoms with Crippen LogP contribution in [0.2, 0.25) is 0 Å². The lowest BCUT2D eigenvalue weighted by molar-refractivity contribution is -0.113. The fourth-order valence-electron chi connectivity index (χ4n) is 4.20. The maximum atomic E-state index is 13.0. The molecule has 1 unspecified atom stereocenters. The van der Waals surface area contributed by atoms with Crippen LogP contribution in [0.15, 0.2) is 78.1 Å². The van der Waals surface area contributed by atoms with E-state index in [0.29, 0.717) is 16.9 Å². The maximum absolute atomic E-state index is 13.0. The molecule has 0 bridgehead atoms. The van der Waals surface area contributed by atoms with E-state index in [9.17, 15) is 9.59 Å². The van der Waals surface area contributed by atoms with Crippen molar-refractivity contribution in [3.63, 3.8) is 0 Å². The van der Waals surface area contributed by atoms with Gasteiger partial charge in [0.05, 0.1) is 0 Å². The summed E-state index contributed by atoms with van der Waals surface area (Å²) in [5.74, 6) is -0.464. The van der Waals surface area contributed by atoms with Crippen molar-refractivity contribution in [2.45, 2.75) is 26.9 Å². The number of hydrogen-bond donors (Lipinski definition) is 4. The highest BCUT2D eigenvalue weighted by Gasteiger charge is 2.26. The van der Waals surface area contributed by atoms with E-state index in [2.05, 4.69) is 65.4 Å². The van der Waals surface area contributed by atoms with Crippen LogP contribution < -0.4 is 21.3 Å². The number of hydrogen-bond acceptors (Lipinski definition) is 4. The quantitative estimate of drug-likeness (QED) is 0.474. The molecular formula is C27H28N4O2. The summed E-state index contributed by atoms with van der Waals surface area (Å²) in [5, 5.41) is 12.2. The molecule has 6 nitrogen and oxygen atoms in total. The van der Waals surface area contributed by atoms with E-state index >= 15 is 0 Å². The molecule has 1 atom stereocenters.